The highest BCUT2D eigenvalue weighted by Crippen LogP contribution is 2.27. The fourth-order valence-electron chi connectivity index (χ4n) is 4.50. The van der Waals surface area contributed by atoms with Gasteiger partial charge in [-0.1, -0.05) is 31.4 Å². The standard InChI is InChI=1S/C23H32N4O/c1-17-9-10-20(15-18(17)2)21-16-22(25-24-21)26-11-6-12-27(14-13-26)23(28)19-7-4-3-5-8-19/h9-10,15-16,19H,3-8,11-14H2,1-2H3,(H,24,25). The van der Waals surface area contributed by atoms with Crippen molar-refractivity contribution in [2.75, 3.05) is 31.1 Å². The molecule has 0 atom stereocenters. The van der Waals surface area contributed by atoms with Crippen molar-refractivity contribution in [3.63, 3.8) is 0 Å². The topological polar surface area (TPSA) is 52.2 Å². The van der Waals surface area contributed by atoms with Gasteiger partial charge in [0.15, 0.2) is 5.82 Å². The van der Waals surface area contributed by atoms with Crippen molar-refractivity contribution in [3.05, 3.63) is 35.4 Å². The number of carbonyl (C=O) groups excluding carboxylic acids is 1. The molecule has 0 spiro atoms. The van der Waals surface area contributed by atoms with Gasteiger partial charge in [0.25, 0.3) is 0 Å². The zero-order valence-corrected chi connectivity index (χ0v) is 17.2. The molecule has 4 rings (SSSR count). The van der Waals surface area contributed by atoms with E-state index in [9.17, 15) is 4.79 Å². The van der Waals surface area contributed by atoms with Crippen LogP contribution in [-0.2, 0) is 4.79 Å². The summed E-state index contributed by atoms with van der Waals surface area (Å²) in [5.74, 6) is 1.64. The van der Waals surface area contributed by atoms with Crippen LogP contribution in [0.5, 0.6) is 0 Å². The van der Waals surface area contributed by atoms with Crippen LogP contribution in [0, 0.1) is 19.8 Å². The summed E-state index contributed by atoms with van der Waals surface area (Å²) in [6.07, 6.45) is 6.88. The van der Waals surface area contributed by atoms with Crippen LogP contribution in [0.25, 0.3) is 11.3 Å². The van der Waals surface area contributed by atoms with E-state index in [1.54, 1.807) is 0 Å². The number of aryl methyl sites for hydroxylation is 2. The van der Waals surface area contributed by atoms with E-state index in [0.29, 0.717) is 5.91 Å². The second kappa shape index (κ2) is 8.38. The molecule has 0 radical (unpaired) electrons. The van der Waals surface area contributed by atoms with Gasteiger partial charge in [-0.05, 0) is 55.9 Å². The van der Waals surface area contributed by atoms with Crippen molar-refractivity contribution in [1.29, 1.82) is 0 Å². The number of carbonyl (C=O) groups is 1. The highest BCUT2D eigenvalue weighted by molar-refractivity contribution is 5.79. The molecule has 0 unspecified atom stereocenters. The summed E-state index contributed by atoms with van der Waals surface area (Å²) in [5.41, 5.74) is 4.82. The van der Waals surface area contributed by atoms with Gasteiger partial charge < -0.3 is 9.80 Å². The average Bonchev–Trinajstić information content (AvgIpc) is 3.08. The lowest BCUT2D eigenvalue weighted by molar-refractivity contribution is -0.136. The minimum Gasteiger partial charge on any atom is -0.353 e. The van der Waals surface area contributed by atoms with Crippen LogP contribution in [0.1, 0.15) is 49.7 Å². The van der Waals surface area contributed by atoms with Crippen molar-refractivity contribution in [1.82, 2.24) is 15.1 Å². The molecule has 0 bridgehead atoms. The van der Waals surface area contributed by atoms with E-state index in [-0.39, 0.29) is 5.92 Å². The van der Waals surface area contributed by atoms with Gasteiger partial charge in [-0.15, -0.1) is 0 Å². The average molecular weight is 381 g/mol. The second-order valence-corrected chi connectivity index (χ2v) is 8.44. The normalized spacial score (nSPS) is 18.9. The van der Waals surface area contributed by atoms with Gasteiger partial charge >= 0.3 is 0 Å². The highest BCUT2D eigenvalue weighted by Gasteiger charge is 2.27. The Kier molecular flexibility index (Phi) is 5.69. The van der Waals surface area contributed by atoms with Crippen molar-refractivity contribution in [2.24, 2.45) is 5.92 Å². The Bertz CT molecular complexity index is 822. The molecule has 1 saturated carbocycles. The van der Waals surface area contributed by atoms with Crippen LogP contribution in [0.15, 0.2) is 24.3 Å². The predicted octanol–water partition coefficient (Wildman–Crippen LogP) is 4.31. The summed E-state index contributed by atoms with van der Waals surface area (Å²) < 4.78 is 0. The summed E-state index contributed by atoms with van der Waals surface area (Å²) in [4.78, 5) is 17.3. The third-order valence-corrected chi connectivity index (χ3v) is 6.47. The van der Waals surface area contributed by atoms with Crippen LogP contribution in [0.2, 0.25) is 0 Å². The van der Waals surface area contributed by atoms with Gasteiger partial charge in [0.05, 0.1) is 5.69 Å². The maximum atomic E-state index is 12.9. The summed E-state index contributed by atoms with van der Waals surface area (Å²) in [5, 5.41) is 7.77. The predicted molar refractivity (Wildman–Crippen MR) is 113 cm³/mol. The number of amides is 1. The van der Waals surface area contributed by atoms with Gasteiger partial charge in [-0.25, -0.2) is 0 Å². The summed E-state index contributed by atoms with van der Waals surface area (Å²) in [6.45, 7) is 7.76. The fraction of sp³-hybridized carbons (Fsp3) is 0.565. The first-order valence-corrected chi connectivity index (χ1v) is 10.8. The molecule has 150 valence electrons. The number of nitrogens with zero attached hydrogens (tertiary/aromatic N) is 3. The van der Waals surface area contributed by atoms with Gasteiger partial charge in [0.2, 0.25) is 5.91 Å². The maximum Gasteiger partial charge on any atom is 0.225 e. The Hall–Kier alpha value is -2.30. The highest BCUT2D eigenvalue weighted by atomic mass is 16.2. The van der Waals surface area contributed by atoms with Crippen LogP contribution in [0.3, 0.4) is 0 Å². The molecule has 28 heavy (non-hydrogen) atoms. The molecule has 1 saturated heterocycles. The van der Waals surface area contributed by atoms with Crippen molar-refractivity contribution in [3.8, 4) is 11.3 Å². The van der Waals surface area contributed by atoms with Crippen molar-refractivity contribution < 1.29 is 4.79 Å². The number of H-pyrrole nitrogens is 1. The lowest BCUT2D eigenvalue weighted by Gasteiger charge is -2.28. The quantitative estimate of drug-likeness (QED) is 0.863. The molecule has 1 amide bonds. The first kappa shape index (κ1) is 19.0. The maximum absolute atomic E-state index is 12.9. The van der Waals surface area contributed by atoms with E-state index in [2.05, 4.69) is 58.1 Å². The van der Waals surface area contributed by atoms with E-state index < -0.39 is 0 Å². The minimum atomic E-state index is 0.266. The molecular formula is C23H32N4O. The molecule has 5 heteroatoms. The number of benzene rings is 1. The minimum absolute atomic E-state index is 0.266. The Labute approximate surface area is 168 Å². The fourth-order valence-corrected chi connectivity index (χ4v) is 4.50. The van der Waals surface area contributed by atoms with Gasteiger partial charge in [0, 0.05) is 38.2 Å². The second-order valence-electron chi connectivity index (χ2n) is 8.44. The van der Waals surface area contributed by atoms with Crippen LogP contribution >= 0.6 is 0 Å². The molecule has 2 fully saturated rings. The Morgan fingerprint density at radius 1 is 0.964 bits per heavy atom. The smallest absolute Gasteiger partial charge is 0.225 e. The van der Waals surface area contributed by atoms with Crippen molar-refractivity contribution >= 4 is 11.7 Å². The van der Waals surface area contributed by atoms with Gasteiger partial charge in [-0.3, -0.25) is 9.89 Å². The van der Waals surface area contributed by atoms with Crippen LogP contribution in [-0.4, -0.2) is 47.2 Å². The number of anilines is 1. The number of hydrogen-bond donors (Lipinski definition) is 1. The first-order valence-electron chi connectivity index (χ1n) is 10.8. The Morgan fingerprint density at radius 2 is 1.79 bits per heavy atom. The number of aromatic nitrogens is 2. The summed E-state index contributed by atoms with van der Waals surface area (Å²) >= 11 is 0. The molecule has 1 aliphatic carbocycles. The third-order valence-electron chi connectivity index (χ3n) is 6.47. The largest absolute Gasteiger partial charge is 0.353 e. The third kappa shape index (κ3) is 4.08. The zero-order chi connectivity index (χ0) is 19.5. The molecule has 1 N–H and O–H groups in total. The molecule has 2 aromatic rings. The van der Waals surface area contributed by atoms with E-state index in [1.165, 1.54) is 36.0 Å². The number of nitrogens with one attached hydrogen (secondary N) is 1. The summed E-state index contributed by atoms with van der Waals surface area (Å²) in [7, 11) is 0. The van der Waals surface area contributed by atoms with E-state index in [1.807, 2.05) is 0 Å². The van der Waals surface area contributed by atoms with E-state index >= 15 is 0 Å². The van der Waals surface area contributed by atoms with Crippen LogP contribution in [0.4, 0.5) is 5.82 Å². The lowest BCUT2D eigenvalue weighted by Crippen LogP contribution is -2.39. The molecule has 1 aromatic heterocycles. The van der Waals surface area contributed by atoms with Gasteiger partial charge in [0.1, 0.15) is 0 Å². The summed E-state index contributed by atoms with van der Waals surface area (Å²) in [6, 6.07) is 8.65. The van der Waals surface area contributed by atoms with Crippen molar-refractivity contribution in [2.45, 2.75) is 52.4 Å². The Balaban J connectivity index is 1.41. The number of hydrogen-bond acceptors (Lipinski definition) is 3. The monoisotopic (exact) mass is 380 g/mol. The zero-order valence-electron chi connectivity index (χ0n) is 17.2. The lowest BCUT2D eigenvalue weighted by atomic mass is 9.88. The molecular weight excluding hydrogens is 348 g/mol. The molecule has 1 aromatic carbocycles. The van der Waals surface area contributed by atoms with Crippen LogP contribution < -0.4 is 4.90 Å². The van der Waals surface area contributed by atoms with E-state index in [0.717, 1.165) is 57.0 Å². The molecule has 1 aliphatic heterocycles. The number of rotatable bonds is 3. The molecule has 2 heterocycles. The van der Waals surface area contributed by atoms with Gasteiger partial charge in [-0.2, -0.15) is 5.10 Å². The SMILES string of the molecule is Cc1ccc(-c2cc(N3CCCN(C(=O)C4CCCCC4)CC3)n[nH]2)cc1C. The Morgan fingerprint density at radius 3 is 2.57 bits per heavy atom. The first-order chi connectivity index (χ1) is 13.6. The number of aromatic amines is 1. The molecule has 5 nitrogen and oxygen atoms in total. The molecule has 2 aliphatic rings. The van der Waals surface area contributed by atoms with E-state index in [4.69, 9.17) is 0 Å².